The minimum absolute atomic E-state index is 0.146. The Bertz CT molecular complexity index is 206. The normalized spacial score (nSPS) is 11.6. The Balaban J connectivity index is 4.31. The van der Waals surface area contributed by atoms with Crippen LogP contribution >= 0.6 is 0 Å². The molecule has 1 N–H and O–H groups in total. The SMILES string of the molecule is C=CC=NC(=NC)C(=O)NC. The van der Waals surface area contributed by atoms with Crippen LogP contribution in [0.15, 0.2) is 22.6 Å². The molecule has 0 aromatic carbocycles. The predicted molar refractivity (Wildman–Crippen MR) is 46.1 cm³/mol. The number of amidine groups is 1. The van der Waals surface area contributed by atoms with E-state index in [2.05, 4.69) is 21.9 Å². The van der Waals surface area contributed by atoms with Crippen molar-refractivity contribution in [3.8, 4) is 0 Å². The van der Waals surface area contributed by atoms with Gasteiger partial charge >= 0.3 is 0 Å². The molecule has 11 heavy (non-hydrogen) atoms. The van der Waals surface area contributed by atoms with Crippen molar-refractivity contribution in [1.29, 1.82) is 0 Å². The van der Waals surface area contributed by atoms with E-state index in [4.69, 9.17) is 0 Å². The first-order chi connectivity index (χ1) is 5.26. The van der Waals surface area contributed by atoms with Gasteiger partial charge in [0, 0.05) is 20.3 Å². The zero-order valence-corrected chi connectivity index (χ0v) is 6.66. The van der Waals surface area contributed by atoms with E-state index >= 15 is 0 Å². The summed E-state index contributed by atoms with van der Waals surface area (Å²) in [5.41, 5.74) is 0. The molecular formula is C7H11N3O. The summed E-state index contributed by atoms with van der Waals surface area (Å²) in [6, 6.07) is 0. The lowest BCUT2D eigenvalue weighted by Gasteiger charge is -1.94. The molecule has 0 aromatic rings. The lowest BCUT2D eigenvalue weighted by Crippen LogP contribution is -2.26. The van der Waals surface area contributed by atoms with Gasteiger partial charge < -0.3 is 5.32 Å². The van der Waals surface area contributed by atoms with Crippen LogP contribution in [-0.2, 0) is 4.79 Å². The van der Waals surface area contributed by atoms with Gasteiger partial charge in [0.1, 0.15) is 0 Å². The van der Waals surface area contributed by atoms with Gasteiger partial charge in [-0.3, -0.25) is 9.79 Å². The maximum absolute atomic E-state index is 10.9. The van der Waals surface area contributed by atoms with Crippen LogP contribution < -0.4 is 5.32 Å². The van der Waals surface area contributed by atoms with E-state index in [0.717, 1.165) is 0 Å². The van der Waals surface area contributed by atoms with E-state index in [-0.39, 0.29) is 11.7 Å². The quantitative estimate of drug-likeness (QED) is 0.419. The summed E-state index contributed by atoms with van der Waals surface area (Å²) in [5.74, 6) is -0.155. The highest BCUT2D eigenvalue weighted by atomic mass is 16.2. The zero-order valence-electron chi connectivity index (χ0n) is 6.66. The third kappa shape index (κ3) is 3.30. The van der Waals surface area contributed by atoms with Crippen LogP contribution in [0.5, 0.6) is 0 Å². The highest BCUT2D eigenvalue weighted by molar-refractivity contribution is 6.39. The molecule has 4 heteroatoms. The summed E-state index contributed by atoms with van der Waals surface area (Å²) in [7, 11) is 3.03. The number of aliphatic imine (C=N–C) groups is 2. The van der Waals surface area contributed by atoms with Crippen LogP contribution in [0.3, 0.4) is 0 Å². The van der Waals surface area contributed by atoms with Crippen molar-refractivity contribution in [3.63, 3.8) is 0 Å². The highest BCUT2D eigenvalue weighted by Gasteiger charge is 2.03. The first-order valence-corrected chi connectivity index (χ1v) is 3.10. The van der Waals surface area contributed by atoms with Crippen LogP contribution in [-0.4, -0.2) is 32.1 Å². The summed E-state index contributed by atoms with van der Waals surface area (Å²) in [4.78, 5) is 18.2. The second-order valence-electron chi connectivity index (χ2n) is 1.64. The summed E-state index contributed by atoms with van der Waals surface area (Å²) < 4.78 is 0. The van der Waals surface area contributed by atoms with Crippen molar-refractivity contribution >= 4 is 18.0 Å². The van der Waals surface area contributed by atoms with Gasteiger partial charge in [-0.15, -0.1) is 0 Å². The summed E-state index contributed by atoms with van der Waals surface area (Å²) in [5, 5.41) is 2.41. The second kappa shape index (κ2) is 5.34. The standard InChI is InChI=1S/C7H11N3O/c1-4-5-10-6(8-2)7(11)9-3/h4-5H,1H2,2-3H3,(H,9,11). The molecule has 0 bridgehead atoms. The van der Waals surface area contributed by atoms with Gasteiger partial charge in [-0.2, -0.15) is 0 Å². The Kier molecular flexibility index (Phi) is 4.64. The third-order valence-corrected chi connectivity index (χ3v) is 0.944. The van der Waals surface area contributed by atoms with Crippen LogP contribution in [0.2, 0.25) is 0 Å². The van der Waals surface area contributed by atoms with Gasteiger partial charge in [-0.25, -0.2) is 4.99 Å². The average Bonchev–Trinajstić information content (AvgIpc) is 2.05. The number of carbonyl (C=O) groups excluding carboxylic acids is 1. The molecule has 0 radical (unpaired) electrons. The monoisotopic (exact) mass is 153 g/mol. The minimum Gasteiger partial charge on any atom is -0.352 e. The molecule has 0 unspecified atom stereocenters. The van der Waals surface area contributed by atoms with Gasteiger partial charge in [0.05, 0.1) is 0 Å². The Labute approximate surface area is 65.7 Å². The summed E-state index contributed by atoms with van der Waals surface area (Å²) in [6.45, 7) is 3.42. The highest BCUT2D eigenvalue weighted by Crippen LogP contribution is 1.78. The van der Waals surface area contributed by atoms with E-state index in [1.54, 1.807) is 0 Å². The average molecular weight is 153 g/mol. The molecular weight excluding hydrogens is 142 g/mol. The Hall–Kier alpha value is -1.45. The predicted octanol–water partition coefficient (Wildman–Crippen LogP) is 0.0175. The summed E-state index contributed by atoms with van der Waals surface area (Å²) in [6.07, 6.45) is 2.89. The number of hydrogen-bond acceptors (Lipinski definition) is 2. The second-order valence-corrected chi connectivity index (χ2v) is 1.64. The van der Waals surface area contributed by atoms with Gasteiger partial charge in [0.15, 0.2) is 0 Å². The molecule has 0 saturated carbocycles. The molecule has 0 rings (SSSR count). The Morgan fingerprint density at radius 2 is 2.27 bits per heavy atom. The fraction of sp³-hybridized carbons (Fsp3) is 0.286. The van der Waals surface area contributed by atoms with Crippen molar-refractivity contribution in [3.05, 3.63) is 12.7 Å². The van der Waals surface area contributed by atoms with Crippen molar-refractivity contribution in [2.75, 3.05) is 14.1 Å². The Morgan fingerprint density at radius 1 is 1.64 bits per heavy atom. The molecule has 0 aliphatic rings. The molecule has 0 atom stereocenters. The van der Waals surface area contributed by atoms with Crippen molar-refractivity contribution in [2.45, 2.75) is 0 Å². The first kappa shape index (κ1) is 9.55. The molecule has 0 aromatic heterocycles. The van der Waals surface area contributed by atoms with Crippen LogP contribution in [0.4, 0.5) is 0 Å². The largest absolute Gasteiger partial charge is 0.352 e. The lowest BCUT2D eigenvalue weighted by molar-refractivity contribution is -0.114. The number of carbonyl (C=O) groups is 1. The Morgan fingerprint density at radius 3 is 2.64 bits per heavy atom. The third-order valence-electron chi connectivity index (χ3n) is 0.944. The molecule has 0 aliphatic heterocycles. The number of amides is 1. The van der Waals surface area contributed by atoms with Crippen LogP contribution in [0.25, 0.3) is 0 Å². The fourth-order valence-electron chi connectivity index (χ4n) is 0.453. The smallest absolute Gasteiger partial charge is 0.288 e. The molecule has 4 nitrogen and oxygen atoms in total. The van der Waals surface area contributed by atoms with E-state index in [1.165, 1.54) is 26.4 Å². The zero-order chi connectivity index (χ0) is 8.69. The first-order valence-electron chi connectivity index (χ1n) is 3.10. The molecule has 0 saturated heterocycles. The van der Waals surface area contributed by atoms with Gasteiger partial charge in [-0.1, -0.05) is 12.7 Å². The molecule has 0 heterocycles. The van der Waals surface area contributed by atoms with Gasteiger partial charge in [-0.05, 0) is 0 Å². The molecule has 0 aliphatic carbocycles. The van der Waals surface area contributed by atoms with E-state index in [1.807, 2.05) is 0 Å². The maximum Gasteiger partial charge on any atom is 0.288 e. The molecule has 1 amide bonds. The number of hydrogen-bond donors (Lipinski definition) is 1. The lowest BCUT2D eigenvalue weighted by atomic mass is 10.5. The van der Waals surface area contributed by atoms with E-state index in [9.17, 15) is 4.79 Å². The van der Waals surface area contributed by atoms with Gasteiger partial charge in [0.25, 0.3) is 5.91 Å². The maximum atomic E-state index is 10.9. The van der Waals surface area contributed by atoms with Crippen LogP contribution in [0.1, 0.15) is 0 Å². The van der Waals surface area contributed by atoms with Crippen molar-refractivity contribution in [2.24, 2.45) is 9.98 Å². The van der Waals surface area contributed by atoms with Gasteiger partial charge in [0.2, 0.25) is 5.84 Å². The summed E-state index contributed by atoms with van der Waals surface area (Å²) >= 11 is 0. The number of likely N-dealkylation sites (N-methyl/N-ethyl adjacent to an activating group) is 1. The van der Waals surface area contributed by atoms with Crippen LogP contribution in [0, 0.1) is 0 Å². The molecule has 0 fully saturated rings. The minimum atomic E-state index is -0.300. The molecule has 60 valence electrons. The van der Waals surface area contributed by atoms with E-state index in [0.29, 0.717) is 0 Å². The number of rotatable bonds is 1. The number of nitrogens with zero attached hydrogens (tertiary/aromatic N) is 2. The molecule has 0 spiro atoms. The van der Waals surface area contributed by atoms with E-state index < -0.39 is 0 Å². The topological polar surface area (TPSA) is 53.8 Å². The fourth-order valence-corrected chi connectivity index (χ4v) is 0.453. The number of allylic oxidation sites excluding steroid dienone is 1. The van der Waals surface area contributed by atoms with Crippen molar-refractivity contribution < 1.29 is 4.79 Å². The number of nitrogens with one attached hydrogen (secondary N) is 1. The van der Waals surface area contributed by atoms with Crippen molar-refractivity contribution in [1.82, 2.24) is 5.32 Å².